The van der Waals surface area contributed by atoms with E-state index in [2.05, 4.69) is 10.0 Å². The van der Waals surface area contributed by atoms with Crippen LogP contribution in [0.15, 0.2) is 77.7 Å². The highest BCUT2D eigenvalue weighted by Crippen LogP contribution is 2.34. The van der Waals surface area contributed by atoms with Gasteiger partial charge in [0.1, 0.15) is 0 Å². The number of fused-ring (bicyclic) bond motifs is 1. The zero-order valence-corrected chi connectivity index (χ0v) is 19.2. The molecule has 7 nitrogen and oxygen atoms in total. The Balaban J connectivity index is 1.51. The molecular formula is C25H25N3O4S. The van der Waals surface area contributed by atoms with E-state index in [1.807, 2.05) is 43.3 Å². The van der Waals surface area contributed by atoms with E-state index in [1.165, 1.54) is 19.1 Å². The van der Waals surface area contributed by atoms with E-state index in [-0.39, 0.29) is 29.3 Å². The Morgan fingerprint density at radius 3 is 2.36 bits per heavy atom. The number of hydrogen-bond acceptors (Lipinski definition) is 4. The molecule has 0 aliphatic carbocycles. The number of anilines is 2. The molecule has 1 unspecified atom stereocenters. The Morgan fingerprint density at radius 2 is 1.70 bits per heavy atom. The minimum Gasteiger partial charge on any atom is -0.326 e. The molecule has 1 aliphatic heterocycles. The van der Waals surface area contributed by atoms with Crippen molar-refractivity contribution in [3.05, 3.63) is 89.5 Å². The maximum absolute atomic E-state index is 13.1. The molecule has 0 saturated carbocycles. The van der Waals surface area contributed by atoms with Crippen LogP contribution >= 0.6 is 0 Å². The highest BCUT2D eigenvalue weighted by molar-refractivity contribution is 7.89. The molecule has 3 aromatic rings. The third kappa shape index (κ3) is 4.97. The molecule has 2 amide bonds. The summed E-state index contributed by atoms with van der Waals surface area (Å²) in [6, 6.07) is 20.8. The van der Waals surface area contributed by atoms with Crippen molar-refractivity contribution in [2.24, 2.45) is 0 Å². The van der Waals surface area contributed by atoms with Crippen molar-refractivity contribution in [3.63, 3.8) is 0 Å². The van der Waals surface area contributed by atoms with Crippen molar-refractivity contribution in [2.75, 3.05) is 10.2 Å². The van der Waals surface area contributed by atoms with Crippen molar-refractivity contribution in [1.29, 1.82) is 0 Å². The second-order valence-corrected chi connectivity index (χ2v) is 9.85. The van der Waals surface area contributed by atoms with Gasteiger partial charge in [-0.05, 0) is 66.9 Å². The molecule has 170 valence electrons. The SMILES string of the molecule is CC(=O)Nc1ccc(S(=O)(=O)NCc2ccc3c(c2)N(C(=O)c2ccccc2)C(C)C3)cc1. The van der Waals surface area contributed by atoms with E-state index in [4.69, 9.17) is 0 Å². The summed E-state index contributed by atoms with van der Waals surface area (Å²) in [6.07, 6.45) is 0.751. The molecule has 1 heterocycles. The molecule has 4 rings (SSSR count). The van der Waals surface area contributed by atoms with Gasteiger partial charge in [0.2, 0.25) is 15.9 Å². The average molecular weight is 464 g/mol. The molecule has 0 radical (unpaired) electrons. The van der Waals surface area contributed by atoms with Crippen LogP contribution in [0.25, 0.3) is 0 Å². The Hall–Kier alpha value is -3.49. The third-order valence-corrected chi connectivity index (χ3v) is 6.97. The molecule has 0 spiro atoms. The smallest absolute Gasteiger partial charge is 0.258 e. The molecule has 0 bridgehead atoms. The highest BCUT2D eigenvalue weighted by atomic mass is 32.2. The summed E-state index contributed by atoms with van der Waals surface area (Å²) in [5, 5.41) is 2.61. The maximum Gasteiger partial charge on any atom is 0.258 e. The van der Waals surface area contributed by atoms with E-state index < -0.39 is 10.0 Å². The molecule has 8 heteroatoms. The summed E-state index contributed by atoms with van der Waals surface area (Å²) in [4.78, 5) is 26.1. The first-order valence-corrected chi connectivity index (χ1v) is 12.1. The zero-order valence-electron chi connectivity index (χ0n) is 18.4. The topological polar surface area (TPSA) is 95.6 Å². The normalized spacial score (nSPS) is 15.2. The first-order chi connectivity index (χ1) is 15.7. The fourth-order valence-electron chi connectivity index (χ4n) is 3.97. The second-order valence-electron chi connectivity index (χ2n) is 8.09. The van der Waals surface area contributed by atoms with E-state index >= 15 is 0 Å². The van der Waals surface area contributed by atoms with Crippen LogP contribution in [0.3, 0.4) is 0 Å². The highest BCUT2D eigenvalue weighted by Gasteiger charge is 2.31. The molecule has 1 aliphatic rings. The van der Waals surface area contributed by atoms with Gasteiger partial charge >= 0.3 is 0 Å². The van der Waals surface area contributed by atoms with Gasteiger partial charge in [-0.25, -0.2) is 13.1 Å². The van der Waals surface area contributed by atoms with Gasteiger partial charge in [0.05, 0.1) is 4.90 Å². The van der Waals surface area contributed by atoms with Crippen LogP contribution in [0.5, 0.6) is 0 Å². The zero-order chi connectivity index (χ0) is 23.6. The number of nitrogens with zero attached hydrogens (tertiary/aromatic N) is 1. The molecule has 3 aromatic carbocycles. The van der Waals surface area contributed by atoms with Gasteiger partial charge in [-0.2, -0.15) is 0 Å². The van der Waals surface area contributed by atoms with Crippen LogP contribution in [0.1, 0.15) is 35.3 Å². The fourth-order valence-corrected chi connectivity index (χ4v) is 4.99. The predicted octanol–water partition coefficient (Wildman–Crippen LogP) is 3.71. The molecule has 0 saturated heterocycles. The minimum absolute atomic E-state index is 0.0155. The van der Waals surface area contributed by atoms with Crippen LogP contribution in [0.4, 0.5) is 11.4 Å². The summed E-state index contributed by atoms with van der Waals surface area (Å²) in [5.41, 5.74) is 3.77. The number of carbonyl (C=O) groups excluding carboxylic acids is 2. The average Bonchev–Trinajstić information content (AvgIpc) is 3.12. The Morgan fingerprint density at radius 1 is 1.00 bits per heavy atom. The molecule has 33 heavy (non-hydrogen) atoms. The van der Waals surface area contributed by atoms with E-state index in [0.717, 1.165) is 23.2 Å². The lowest BCUT2D eigenvalue weighted by molar-refractivity contribution is -0.114. The number of benzene rings is 3. The van der Waals surface area contributed by atoms with Gasteiger partial charge in [0.25, 0.3) is 5.91 Å². The molecular weight excluding hydrogens is 438 g/mol. The first-order valence-electron chi connectivity index (χ1n) is 10.6. The van der Waals surface area contributed by atoms with Gasteiger partial charge in [0, 0.05) is 36.4 Å². The molecule has 1 atom stereocenters. The summed E-state index contributed by atoms with van der Waals surface area (Å²) in [5.74, 6) is -0.298. The predicted molar refractivity (Wildman–Crippen MR) is 128 cm³/mol. The van der Waals surface area contributed by atoms with Crippen LogP contribution in [-0.2, 0) is 27.8 Å². The van der Waals surface area contributed by atoms with Crippen molar-refractivity contribution < 1.29 is 18.0 Å². The number of carbonyl (C=O) groups is 2. The van der Waals surface area contributed by atoms with Crippen molar-refractivity contribution in [3.8, 4) is 0 Å². The quantitative estimate of drug-likeness (QED) is 0.583. The van der Waals surface area contributed by atoms with Crippen LogP contribution in [0.2, 0.25) is 0 Å². The molecule has 2 N–H and O–H groups in total. The number of sulfonamides is 1. The summed E-state index contributed by atoms with van der Waals surface area (Å²) in [7, 11) is -3.74. The lowest BCUT2D eigenvalue weighted by Crippen LogP contribution is -2.35. The number of nitrogens with one attached hydrogen (secondary N) is 2. The van der Waals surface area contributed by atoms with Crippen molar-refractivity contribution in [2.45, 2.75) is 37.8 Å². The Kier molecular flexibility index (Phi) is 6.31. The van der Waals surface area contributed by atoms with Crippen LogP contribution in [-0.4, -0.2) is 26.3 Å². The van der Waals surface area contributed by atoms with Gasteiger partial charge in [0.15, 0.2) is 0 Å². The first kappa shape index (κ1) is 22.7. The van der Waals surface area contributed by atoms with Crippen molar-refractivity contribution >= 4 is 33.2 Å². The Bertz CT molecular complexity index is 1290. The lowest BCUT2D eigenvalue weighted by atomic mass is 10.1. The van der Waals surface area contributed by atoms with Gasteiger partial charge in [-0.3, -0.25) is 9.59 Å². The van der Waals surface area contributed by atoms with Gasteiger partial charge < -0.3 is 10.2 Å². The lowest BCUT2D eigenvalue weighted by Gasteiger charge is -2.23. The monoisotopic (exact) mass is 463 g/mol. The largest absolute Gasteiger partial charge is 0.326 e. The number of rotatable bonds is 6. The van der Waals surface area contributed by atoms with Crippen LogP contribution in [0, 0.1) is 0 Å². The number of hydrogen-bond donors (Lipinski definition) is 2. The minimum atomic E-state index is -3.74. The summed E-state index contributed by atoms with van der Waals surface area (Å²) in [6.45, 7) is 3.48. The van der Waals surface area contributed by atoms with E-state index in [0.29, 0.717) is 11.3 Å². The Labute approximate surface area is 193 Å². The maximum atomic E-state index is 13.1. The fraction of sp³-hybridized carbons (Fsp3) is 0.200. The molecule has 0 aromatic heterocycles. The van der Waals surface area contributed by atoms with Gasteiger partial charge in [-0.1, -0.05) is 30.3 Å². The summed E-state index contributed by atoms with van der Waals surface area (Å²) < 4.78 is 28.1. The number of amides is 2. The summed E-state index contributed by atoms with van der Waals surface area (Å²) >= 11 is 0. The van der Waals surface area contributed by atoms with Crippen molar-refractivity contribution in [1.82, 2.24) is 4.72 Å². The van der Waals surface area contributed by atoms with Gasteiger partial charge in [-0.15, -0.1) is 0 Å². The van der Waals surface area contributed by atoms with E-state index in [9.17, 15) is 18.0 Å². The van der Waals surface area contributed by atoms with Crippen LogP contribution < -0.4 is 14.9 Å². The molecule has 0 fully saturated rings. The van der Waals surface area contributed by atoms with E-state index in [1.54, 1.807) is 29.2 Å². The standard InChI is InChI=1S/C25H25N3O4S/c1-17-14-21-9-8-19(15-24(21)28(17)25(30)20-6-4-3-5-7-20)16-26-33(31,32)23-12-10-22(11-13-23)27-18(2)29/h3-13,15,17,26H,14,16H2,1-2H3,(H,27,29). The third-order valence-electron chi connectivity index (χ3n) is 5.56. The second kappa shape index (κ2) is 9.17.